The molecule has 0 amide bonds. The Hall–Kier alpha value is -14.6. The molecule has 0 saturated carbocycles. The summed E-state index contributed by atoms with van der Waals surface area (Å²) >= 11 is 3.76. The van der Waals surface area contributed by atoms with Gasteiger partial charge < -0.3 is 29.3 Å². The lowest BCUT2D eigenvalue weighted by Crippen LogP contribution is -2.49. The summed E-state index contributed by atoms with van der Waals surface area (Å²) in [6.07, 6.45) is 0. The monoisotopic (exact) mass is 1650 g/mol. The number of furan rings is 1. The van der Waals surface area contributed by atoms with Crippen molar-refractivity contribution in [2.24, 2.45) is 0 Å². The highest BCUT2D eigenvalue weighted by Crippen LogP contribution is 2.46. The highest BCUT2D eigenvalue weighted by Gasteiger charge is 2.39. The van der Waals surface area contributed by atoms with Gasteiger partial charge in [-0.2, -0.15) is 0 Å². The maximum atomic E-state index is 6.03. The number of aromatic amines is 5. The Morgan fingerprint density at radius 2 is 0.532 bits per heavy atom. The number of nitrogens with one attached hydrogen (secondary N) is 5. The fraction of sp³-hybridized carbons (Fsp3) is 0.0351. The summed E-state index contributed by atoms with van der Waals surface area (Å²) in [5.74, 6) is 0. The third-order valence-electron chi connectivity index (χ3n) is 27.3. The average molecular weight is 1650 g/mol. The van der Waals surface area contributed by atoms with E-state index in [2.05, 4.69) is 403 Å². The van der Waals surface area contributed by atoms with Crippen molar-refractivity contribution in [1.29, 1.82) is 0 Å². The van der Waals surface area contributed by atoms with E-state index < -0.39 is 16.1 Å². The van der Waals surface area contributed by atoms with Crippen LogP contribution >= 0.6 is 22.7 Å². The molecule has 2 aliphatic rings. The van der Waals surface area contributed by atoms with Crippen LogP contribution in [0, 0.1) is 0 Å². The Balaban J connectivity index is 0.0000000829. The van der Waals surface area contributed by atoms with Crippen LogP contribution in [-0.2, 0) is 0 Å². The maximum Gasteiger partial charge on any atom is 0.136 e. The lowest BCUT2D eigenvalue weighted by atomic mass is 9.98. The molecule has 0 fully saturated rings. The third-order valence-corrected chi connectivity index (χ3v) is 36.7. The SMILES string of the molecule is C[Si]1(C)c2ccccc2-c2cc3c(ccc4[nH]c5ccccc5c43)cc21.C[Si]1(C)c2ccccc2-c2cc3c(ccc4c5ccccc5[nH]c34)cc21.c1ccc2c(c1)[nH]c1c3cc4c(cc3ccc21)sc1ccccc14.c1ccc2c(c1)[nH]c1ccc3cc4oc5ccccc5c4cc3c12.c1ccc2c(c1)[nH]c1ccc3cc4sc5ccccc5c4cc3c12. The van der Waals surface area contributed by atoms with Crippen LogP contribution < -0.4 is 20.7 Å². The first-order valence-corrected chi connectivity index (χ1v) is 50.5. The van der Waals surface area contributed by atoms with E-state index in [9.17, 15) is 0 Å². The zero-order valence-corrected chi connectivity index (χ0v) is 72.0. The third kappa shape index (κ3) is 10.7. The highest BCUT2D eigenvalue weighted by molar-refractivity contribution is 7.26. The summed E-state index contributed by atoms with van der Waals surface area (Å²) in [4.78, 5) is 18.0. The van der Waals surface area contributed by atoms with Crippen molar-refractivity contribution in [3.05, 3.63) is 364 Å². The molecule has 28 aromatic rings. The molecule has 0 radical (unpaired) electrons. The van der Waals surface area contributed by atoms with Crippen LogP contribution in [0.3, 0.4) is 0 Å². The molecule has 0 atom stereocenters. The molecule has 8 aromatic heterocycles. The molecule has 5 N–H and O–H groups in total. The molecular weight excluding hydrogens is 1580 g/mol. The summed E-state index contributed by atoms with van der Waals surface area (Å²) in [6.45, 7) is 9.91. The first-order valence-electron chi connectivity index (χ1n) is 42.8. The summed E-state index contributed by atoms with van der Waals surface area (Å²) in [7, 11) is -3.22. The van der Waals surface area contributed by atoms with E-state index in [0.29, 0.717) is 0 Å². The smallest absolute Gasteiger partial charge is 0.136 e. The minimum atomic E-state index is -1.61. The Morgan fingerprint density at radius 3 is 1.02 bits per heavy atom. The first kappa shape index (κ1) is 71.1. The van der Waals surface area contributed by atoms with Gasteiger partial charge in [-0.1, -0.05) is 275 Å². The molecule has 30 rings (SSSR count). The summed E-state index contributed by atoms with van der Waals surface area (Å²) in [5.41, 5.74) is 19.8. The van der Waals surface area contributed by atoms with Crippen LogP contribution in [0.4, 0.5) is 0 Å². The van der Waals surface area contributed by atoms with Gasteiger partial charge in [0.25, 0.3) is 0 Å². The van der Waals surface area contributed by atoms with Gasteiger partial charge in [0.05, 0.1) is 11.0 Å². The van der Waals surface area contributed by atoms with Gasteiger partial charge in [-0.05, 0) is 201 Å². The number of benzene rings is 20. The lowest BCUT2D eigenvalue weighted by molar-refractivity contribution is 0.669. The molecule has 20 aromatic carbocycles. The fourth-order valence-corrected chi connectivity index (χ4v) is 29.8. The zero-order valence-electron chi connectivity index (χ0n) is 68.4. The second-order valence-electron chi connectivity index (χ2n) is 34.9. The molecule has 2 aliphatic heterocycles. The molecular formula is C114H77N5OS2Si2. The molecule has 124 heavy (non-hydrogen) atoms. The predicted molar refractivity (Wildman–Crippen MR) is 544 cm³/mol. The average Bonchev–Trinajstić information content (AvgIpc) is 1.56. The number of fused-ring (bicyclic) bond motifs is 40. The Labute approximate surface area is 720 Å². The number of para-hydroxylation sites is 6. The largest absolute Gasteiger partial charge is 0.456 e. The van der Waals surface area contributed by atoms with Gasteiger partial charge in [-0.15, -0.1) is 22.7 Å². The lowest BCUT2D eigenvalue weighted by Gasteiger charge is -2.19. The summed E-state index contributed by atoms with van der Waals surface area (Å²) in [5, 5.41) is 40.3. The fourth-order valence-electron chi connectivity index (χ4n) is 21.4. The Bertz CT molecular complexity index is 9210. The molecule has 0 aliphatic carbocycles. The number of hydrogen-bond donors (Lipinski definition) is 5. The van der Waals surface area contributed by atoms with Crippen LogP contribution in [-0.4, -0.2) is 41.1 Å². The number of rotatable bonds is 0. The van der Waals surface area contributed by atoms with Gasteiger partial charge in [0.2, 0.25) is 0 Å². The van der Waals surface area contributed by atoms with Crippen LogP contribution in [0.1, 0.15) is 0 Å². The Kier molecular flexibility index (Phi) is 15.5. The van der Waals surface area contributed by atoms with E-state index in [1.165, 1.54) is 236 Å². The number of H-pyrrole nitrogens is 5. The number of hydrogen-bond acceptors (Lipinski definition) is 3. The zero-order chi connectivity index (χ0) is 82.0. The summed E-state index contributed by atoms with van der Waals surface area (Å²) < 4.78 is 11.5. The quantitative estimate of drug-likeness (QED) is 0.0962. The van der Waals surface area contributed by atoms with Gasteiger partial charge in [-0.3, -0.25) is 0 Å². The van der Waals surface area contributed by atoms with Gasteiger partial charge in [0.1, 0.15) is 27.3 Å². The number of aromatic nitrogens is 5. The van der Waals surface area contributed by atoms with E-state index >= 15 is 0 Å². The maximum absolute atomic E-state index is 6.03. The molecule has 10 heteroatoms. The van der Waals surface area contributed by atoms with Gasteiger partial charge in [-0.25, -0.2) is 0 Å². The second kappa shape index (κ2) is 26.9. The standard InChI is InChI=1S/2C24H19NSi.C22H13NO.2C22H13NS/c1-26(2)22-10-6-4-7-16(22)19-14-18-15(13-23(19)26)11-12-21-24(18)17-8-3-5-9-20(17)25-21;1-26(2)22-10-6-4-8-17(22)20-14-19-15(13-23(20)26)11-12-18-16-7-3-5-9-21(16)25-24(18)19;2*1-3-7-18-15(6-1)22-16-12-17-14-5-2-4-8-20(14)24-21(17)11-13(16)9-10-19(22)23-18;1-3-7-19-14(5-1)16-10-9-13-11-21-18(12-17(13)22(16)23-19)15-6-2-4-8-20(15)24-21/h2*3-14,25H,1-2H3;3*1-12,23H. The molecule has 0 unspecified atom stereocenters. The molecule has 584 valence electrons. The number of thiophene rings is 2. The normalized spacial score (nSPS) is 13.3. The van der Waals surface area contributed by atoms with Crippen molar-refractivity contribution in [3.8, 4) is 22.3 Å². The van der Waals surface area contributed by atoms with Crippen molar-refractivity contribution < 1.29 is 4.42 Å². The van der Waals surface area contributed by atoms with Crippen molar-refractivity contribution in [2.45, 2.75) is 26.2 Å². The highest BCUT2D eigenvalue weighted by atomic mass is 32.1. The topological polar surface area (TPSA) is 92.1 Å². The second-order valence-corrected chi connectivity index (χ2v) is 45.7. The first-order chi connectivity index (χ1) is 60.9. The van der Waals surface area contributed by atoms with E-state index in [0.717, 1.165) is 11.2 Å². The molecule has 10 heterocycles. The van der Waals surface area contributed by atoms with E-state index in [1.54, 1.807) is 20.7 Å². The van der Waals surface area contributed by atoms with Crippen molar-refractivity contribution in [3.63, 3.8) is 0 Å². The van der Waals surface area contributed by atoms with Gasteiger partial charge >= 0.3 is 0 Å². The predicted octanol–water partition coefficient (Wildman–Crippen LogP) is 30.6. The van der Waals surface area contributed by atoms with Crippen LogP contribution in [0.15, 0.2) is 368 Å². The van der Waals surface area contributed by atoms with E-state index in [-0.39, 0.29) is 0 Å². The molecule has 6 nitrogen and oxygen atoms in total. The van der Waals surface area contributed by atoms with Crippen molar-refractivity contribution in [1.82, 2.24) is 24.9 Å². The molecule has 0 saturated heterocycles. The van der Waals surface area contributed by atoms with E-state index in [4.69, 9.17) is 4.42 Å². The van der Waals surface area contributed by atoms with Crippen LogP contribution in [0.25, 0.3) is 247 Å². The molecule has 0 spiro atoms. The van der Waals surface area contributed by atoms with Crippen LogP contribution in [0.5, 0.6) is 0 Å². The Morgan fingerprint density at radius 1 is 0.194 bits per heavy atom. The van der Waals surface area contributed by atoms with Crippen molar-refractivity contribution in [2.75, 3.05) is 0 Å². The minimum Gasteiger partial charge on any atom is -0.456 e. The van der Waals surface area contributed by atoms with Gasteiger partial charge in [0.15, 0.2) is 0 Å². The van der Waals surface area contributed by atoms with Crippen molar-refractivity contribution >= 4 is 285 Å². The minimum absolute atomic E-state index is 0.943. The van der Waals surface area contributed by atoms with Gasteiger partial charge in [0, 0.05) is 160 Å². The van der Waals surface area contributed by atoms with Crippen LogP contribution in [0.2, 0.25) is 26.2 Å². The van der Waals surface area contributed by atoms with E-state index in [1.807, 2.05) is 34.8 Å². The molecule has 0 bridgehead atoms. The summed E-state index contributed by atoms with van der Waals surface area (Å²) in [6, 6.07) is 132.